The van der Waals surface area contributed by atoms with Gasteiger partial charge in [-0.15, -0.1) is 5.92 Å². The molecule has 2 aliphatic heterocycles. The van der Waals surface area contributed by atoms with Gasteiger partial charge in [0.2, 0.25) is 0 Å². The second kappa shape index (κ2) is 29.3. The van der Waals surface area contributed by atoms with Gasteiger partial charge in [0, 0.05) is 90.6 Å². The molecule has 1 aromatic heterocycles. The first kappa shape index (κ1) is 67.7. The molecule has 510 valence electrons. The van der Waals surface area contributed by atoms with Gasteiger partial charge in [-0.3, -0.25) is 9.59 Å². The number of aryl methyl sites for hydroxylation is 1. The van der Waals surface area contributed by atoms with Crippen molar-refractivity contribution in [3.63, 3.8) is 0 Å². The van der Waals surface area contributed by atoms with Gasteiger partial charge in [-0.05, 0) is 204 Å². The van der Waals surface area contributed by atoms with Gasteiger partial charge in [0.05, 0.1) is 31.8 Å². The molecule has 0 radical (unpaired) electrons. The Kier molecular flexibility index (Phi) is 20.5. The quantitative estimate of drug-likeness (QED) is 0.0551. The molecule has 3 saturated carbocycles. The number of aromatic amines is 1. The highest BCUT2D eigenvalue weighted by atomic mass is 16.5. The number of Topliss-reactive ketones (excluding diaryl/α,β-unsaturated/α-hetero) is 2. The van der Waals surface area contributed by atoms with Crippen molar-refractivity contribution in [1.29, 1.82) is 0 Å². The Hall–Kier alpha value is -7.82. The Balaban J connectivity index is 1.03. The minimum absolute atomic E-state index is 0.0180. The van der Waals surface area contributed by atoms with E-state index in [1.807, 2.05) is 48.5 Å². The summed E-state index contributed by atoms with van der Waals surface area (Å²) in [5.41, 5.74) is 8.86. The van der Waals surface area contributed by atoms with Gasteiger partial charge >= 0.3 is 0 Å². The Morgan fingerprint density at radius 2 is 1.56 bits per heavy atom. The summed E-state index contributed by atoms with van der Waals surface area (Å²) in [6, 6.07) is 29.6. The first-order valence-corrected chi connectivity index (χ1v) is 36.1. The molecule has 13 rings (SSSR count). The van der Waals surface area contributed by atoms with Crippen LogP contribution in [0, 0.1) is 76.9 Å². The van der Waals surface area contributed by atoms with Crippen molar-refractivity contribution in [3.05, 3.63) is 171 Å². The first-order chi connectivity index (χ1) is 47.0. The number of ketones is 2. The Labute approximate surface area is 571 Å². The Morgan fingerprint density at radius 1 is 0.742 bits per heavy atom. The molecule has 5 aliphatic carbocycles. The third-order valence-corrected chi connectivity index (χ3v) is 23.9. The van der Waals surface area contributed by atoms with E-state index in [9.17, 15) is 40.5 Å². The number of rotatable bonds is 6. The van der Waals surface area contributed by atoms with Crippen LogP contribution in [0.15, 0.2) is 121 Å². The van der Waals surface area contributed by atoms with Crippen molar-refractivity contribution in [2.45, 2.75) is 178 Å². The number of phenols is 3. The van der Waals surface area contributed by atoms with E-state index in [1.54, 1.807) is 18.2 Å². The molecule has 3 heterocycles. The molecule has 6 aromatic rings. The second-order valence-electron chi connectivity index (χ2n) is 29.8. The zero-order chi connectivity index (χ0) is 67.6. The lowest BCUT2D eigenvalue weighted by Crippen LogP contribution is -2.48. The van der Waals surface area contributed by atoms with Crippen LogP contribution in [0.5, 0.6) is 23.0 Å². The van der Waals surface area contributed by atoms with Crippen LogP contribution >= 0.6 is 0 Å². The van der Waals surface area contributed by atoms with Crippen molar-refractivity contribution >= 4 is 28.0 Å². The summed E-state index contributed by atoms with van der Waals surface area (Å²) in [6.45, 7) is 7.75. The molecule has 5 aromatic carbocycles. The third-order valence-electron chi connectivity index (χ3n) is 23.9. The smallest absolute Gasteiger partial charge is 0.173 e. The highest BCUT2D eigenvalue weighted by molar-refractivity contribution is 6.06. The number of dihydropyridines is 1. The molecular formula is C83H98N4O10. The number of aliphatic hydroxyl groups is 4. The molecule has 15 atom stereocenters. The number of carbonyl (C=O) groups is 2. The van der Waals surface area contributed by atoms with Crippen molar-refractivity contribution < 1.29 is 50.1 Å². The molecule has 0 saturated heterocycles. The molecule has 0 unspecified atom stereocenters. The Bertz CT molecular complexity index is 4080. The molecule has 14 heteroatoms. The molecule has 7 aliphatic rings. The van der Waals surface area contributed by atoms with E-state index < -0.39 is 53.0 Å². The van der Waals surface area contributed by atoms with E-state index in [4.69, 9.17) is 4.74 Å². The van der Waals surface area contributed by atoms with Gasteiger partial charge in [0.1, 0.15) is 17.3 Å². The summed E-state index contributed by atoms with van der Waals surface area (Å²) in [6.07, 6.45) is 13.1. The van der Waals surface area contributed by atoms with Crippen molar-refractivity contribution in [3.8, 4) is 46.7 Å². The van der Waals surface area contributed by atoms with Gasteiger partial charge in [-0.1, -0.05) is 125 Å². The summed E-state index contributed by atoms with van der Waals surface area (Å²) >= 11 is 0. The maximum atomic E-state index is 15.9. The van der Waals surface area contributed by atoms with E-state index in [2.05, 4.69) is 108 Å². The van der Waals surface area contributed by atoms with Crippen LogP contribution in [0.2, 0.25) is 0 Å². The number of ether oxygens (including phenoxy) is 1. The van der Waals surface area contributed by atoms with Gasteiger partial charge < -0.3 is 61.4 Å². The third kappa shape index (κ3) is 13.9. The Morgan fingerprint density at radius 3 is 2.36 bits per heavy atom. The number of β-amino-alcohol motifs (C(OH)–C–C–N with tert-alkyl or cyclic N) is 1. The number of aliphatic hydroxyl groups excluding tert-OH is 4. The zero-order valence-electron chi connectivity index (χ0n) is 56.8. The van der Waals surface area contributed by atoms with E-state index in [0.717, 1.165) is 113 Å². The molecule has 1 spiro atoms. The average molecular weight is 1310 g/mol. The first-order valence-electron chi connectivity index (χ1n) is 36.1. The van der Waals surface area contributed by atoms with Crippen LogP contribution in [-0.4, -0.2) is 97.4 Å². The van der Waals surface area contributed by atoms with Gasteiger partial charge in [0.25, 0.3) is 0 Å². The molecule has 13 bridgehead atoms. The fraction of sp³-hybridized carbons (Fsp3) is 0.494. The lowest BCUT2D eigenvalue weighted by atomic mass is 9.61. The van der Waals surface area contributed by atoms with Gasteiger partial charge in [-0.25, -0.2) is 0 Å². The maximum Gasteiger partial charge on any atom is 0.173 e. The number of aromatic hydroxyl groups is 3. The zero-order valence-corrected chi connectivity index (χ0v) is 56.8. The van der Waals surface area contributed by atoms with Crippen LogP contribution in [0.25, 0.3) is 10.8 Å². The van der Waals surface area contributed by atoms with E-state index in [-0.39, 0.29) is 102 Å². The second-order valence-corrected chi connectivity index (χ2v) is 29.8. The van der Waals surface area contributed by atoms with Gasteiger partial charge in [0.15, 0.2) is 29.2 Å². The van der Waals surface area contributed by atoms with Crippen LogP contribution in [0.4, 0.5) is 5.69 Å². The molecule has 14 nitrogen and oxygen atoms in total. The number of carbonyl (C=O) groups excluding carboxylic acids is 2. The largest absolute Gasteiger partial charge is 0.508 e. The summed E-state index contributed by atoms with van der Waals surface area (Å²) in [5, 5.41) is 96.0. The fourth-order valence-electron chi connectivity index (χ4n) is 18.7. The minimum Gasteiger partial charge on any atom is -0.508 e. The number of H-pyrrole nitrogens is 1. The SMILES string of the molecule is CCC[C@H]1[C@@H]2C[C@@H]3C[C@H]4C#C[C@@H](c5cc(O)c(OC)cc5CCC(=O)[C@@H](O)C(=O)[C@@H]4C2)c2ccccc2[C@H]2C[C@H](C)[C@H](Cc4cccc(O)c4CO)[C@@H](C#CC[C@@H]3C3=CCNC(=C3)Nc3ccc4ccc(c(O)c4c3)C[C@H](O)CNC[C@@H](C)c3c[nH]c(c3)C3(CCCCC3)[C@@H]1O)C2. The molecular weight excluding hydrogens is 1210 g/mol. The van der Waals surface area contributed by atoms with Crippen LogP contribution < -0.4 is 20.7 Å². The number of fused-ring (bicyclic) bond motifs is 16. The lowest BCUT2D eigenvalue weighted by Gasteiger charge is -2.46. The standard InChI is InChI=1S/C83H98N4O10/c1-5-13-65-59-35-58-34-53-23-26-67(69-43-75(92)76(97-4)39-54(69)24-27-74(91)81(95)80(94)70(53)38-59)66-17-8-7-16-64(66)57-32-48(2)68(37-52-15-12-19-73(90)72(52)47-88)51(33-57)14-11-18-63(58)55-28-31-85-78(41-55)87-61-25-22-50-20-21-56(79(93)71(50)42-61)36-62(89)46-84-44-49(3)60-40-77(86-45-60)83(82(65)96)29-9-6-10-30-83/h7-8,12,15-17,19-22,25,28,39-43,45,48-49,51,53,57-59,62-63,65,67-68,70,81-82,84-90,92-93,95-96H,5-6,9-10,13,18,24,27,29-38,44,46-47H2,1-4H3/t48-,49+,51-,53+,57-,58-,59+,62-,63+,65-,67+,68-,70+,81+,82+/m0/s1. The van der Waals surface area contributed by atoms with E-state index in [0.29, 0.717) is 74.7 Å². The number of hydrogen-bond acceptors (Lipinski definition) is 13. The number of hydrogen-bond donors (Lipinski definition) is 11. The monoisotopic (exact) mass is 1310 g/mol. The number of phenolic OH excluding ortho intramolecular Hbond substituents is 2. The summed E-state index contributed by atoms with van der Waals surface area (Å²) in [7, 11) is 1.50. The maximum absolute atomic E-state index is 15.9. The minimum atomic E-state index is -1.92. The highest BCUT2D eigenvalue weighted by Gasteiger charge is 2.51. The van der Waals surface area contributed by atoms with E-state index >= 15 is 4.79 Å². The number of anilines is 1. The fourth-order valence-corrected chi connectivity index (χ4v) is 18.7. The number of aromatic nitrogens is 1. The van der Waals surface area contributed by atoms with Gasteiger partial charge in [-0.2, -0.15) is 0 Å². The molecule has 11 N–H and O–H groups in total. The normalized spacial score (nSPS) is 29.9. The van der Waals surface area contributed by atoms with E-state index in [1.165, 1.54) is 7.11 Å². The van der Waals surface area contributed by atoms with Crippen LogP contribution in [0.3, 0.4) is 0 Å². The summed E-state index contributed by atoms with van der Waals surface area (Å²) < 4.78 is 5.74. The topological polar surface area (TPSA) is 237 Å². The number of benzene rings is 5. The predicted molar refractivity (Wildman–Crippen MR) is 379 cm³/mol. The van der Waals surface area contributed by atoms with Crippen LogP contribution in [0.1, 0.15) is 179 Å². The van der Waals surface area contributed by atoms with Crippen molar-refractivity contribution in [1.82, 2.24) is 15.6 Å². The van der Waals surface area contributed by atoms with Crippen molar-refractivity contribution in [2.75, 3.05) is 32.1 Å². The summed E-state index contributed by atoms with van der Waals surface area (Å²) in [5.74, 6) is 12.6. The summed E-state index contributed by atoms with van der Waals surface area (Å²) in [4.78, 5) is 34.5. The molecule has 97 heavy (non-hydrogen) atoms. The number of nitrogens with one attached hydrogen (secondary N) is 4. The predicted octanol–water partition coefficient (Wildman–Crippen LogP) is 12.8. The number of allylic oxidation sites excluding steroid dienone is 2. The molecule has 0 amide bonds. The molecule has 3 fully saturated rings. The average Bonchev–Trinajstić information content (AvgIpc) is 1.75. The highest BCUT2D eigenvalue weighted by Crippen LogP contribution is 2.54. The lowest BCUT2D eigenvalue weighted by molar-refractivity contribution is -0.142. The van der Waals surface area contributed by atoms with Crippen LogP contribution in [-0.2, 0) is 40.9 Å². The van der Waals surface area contributed by atoms with Crippen molar-refractivity contribution in [2.24, 2.45) is 53.3 Å². The number of methoxy groups -OCH3 is 1.